The van der Waals surface area contributed by atoms with Crippen molar-refractivity contribution < 1.29 is 0 Å². The maximum absolute atomic E-state index is 12.0. The Morgan fingerprint density at radius 1 is 1.30 bits per heavy atom. The Morgan fingerprint density at radius 2 is 1.95 bits per heavy atom. The van der Waals surface area contributed by atoms with E-state index in [0.29, 0.717) is 23.3 Å². The monoisotopic (exact) mass is 291 g/mol. The van der Waals surface area contributed by atoms with Gasteiger partial charge in [0.1, 0.15) is 5.69 Å². The SMILES string of the molecule is Cc1cc(=O)c(CNC(C)C)nn1-c1ccc(Cl)cc1. The van der Waals surface area contributed by atoms with E-state index in [4.69, 9.17) is 11.6 Å². The molecule has 1 aromatic heterocycles. The molecule has 0 aliphatic carbocycles. The minimum atomic E-state index is -0.0409. The summed E-state index contributed by atoms with van der Waals surface area (Å²) < 4.78 is 1.76. The van der Waals surface area contributed by atoms with E-state index in [-0.39, 0.29) is 5.43 Å². The third kappa shape index (κ3) is 3.46. The van der Waals surface area contributed by atoms with Crippen molar-refractivity contribution in [1.82, 2.24) is 15.1 Å². The van der Waals surface area contributed by atoms with Gasteiger partial charge in [0.2, 0.25) is 5.43 Å². The van der Waals surface area contributed by atoms with Crippen LogP contribution in [0.15, 0.2) is 35.1 Å². The van der Waals surface area contributed by atoms with Crippen LogP contribution in [0.5, 0.6) is 0 Å². The van der Waals surface area contributed by atoms with Crippen molar-refractivity contribution in [2.45, 2.75) is 33.4 Å². The highest BCUT2D eigenvalue weighted by Gasteiger charge is 2.08. The van der Waals surface area contributed by atoms with Gasteiger partial charge in [0.25, 0.3) is 0 Å². The molecule has 1 N–H and O–H groups in total. The molecule has 0 saturated heterocycles. The summed E-state index contributed by atoms with van der Waals surface area (Å²) in [5.41, 5.74) is 2.16. The number of aryl methyl sites for hydroxylation is 1. The fraction of sp³-hybridized carbons (Fsp3) is 0.333. The summed E-state index contributed by atoms with van der Waals surface area (Å²) in [6.45, 7) is 6.39. The molecule has 0 radical (unpaired) electrons. The predicted octanol–water partition coefficient (Wildman–Crippen LogP) is 2.69. The van der Waals surface area contributed by atoms with Crippen molar-refractivity contribution in [2.75, 3.05) is 0 Å². The quantitative estimate of drug-likeness (QED) is 0.942. The Hall–Kier alpha value is -1.65. The summed E-state index contributed by atoms with van der Waals surface area (Å²) in [5.74, 6) is 0. The Balaban J connectivity index is 2.40. The summed E-state index contributed by atoms with van der Waals surface area (Å²) in [6, 6.07) is 9.30. The van der Waals surface area contributed by atoms with Gasteiger partial charge in [0.15, 0.2) is 0 Å². The van der Waals surface area contributed by atoms with E-state index >= 15 is 0 Å². The second-order valence-corrected chi connectivity index (χ2v) is 5.46. The lowest BCUT2D eigenvalue weighted by Crippen LogP contribution is -2.28. The molecule has 1 heterocycles. The molecule has 106 valence electrons. The van der Waals surface area contributed by atoms with Crippen LogP contribution in [0.2, 0.25) is 5.02 Å². The van der Waals surface area contributed by atoms with Gasteiger partial charge in [-0.1, -0.05) is 25.4 Å². The van der Waals surface area contributed by atoms with Gasteiger partial charge in [-0.15, -0.1) is 0 Å². The first kappa shape index (κ1) is 14.8. The van der Waals surface area contributed by atoms with Crippen molar-refractivity contribution in [2.24, 2.45) is 0 Å². The van der Waals surface area contributed by atoms with Crippen LogP contribution in [0, 0.1) is 6.92 Å². The van der Waals surface area contributed by atoms with Gasteiger partial charge in [-0.3, -0.25) is 4.79 Å². The molecule has 0 amide bonds. The van der Waals surface area contributed by atoms with Crippen LogP contribution in [0.3, 0.4) is 0 Å². The number of nitrogens with one attached hydrogen (secondary N) is 1. The lowest BCUT2D eigenvalue weighted by Gasteiger charge is -2.12. The topological polar surface area (TPSA) is 46.9 Å². The van der Waals surface area contributed by atoms with E-state index < -0.39 is 0 Å². The summed E-state index contributed by atoms with van der Waals surface area (Å²) in [6.07, 6.45) is 0. The minimum Gasteiger partial charge on any atom is -0.309 e. The Morgan fingerprint density at radius 3 is 2.55 bits per heavy atom. The third-order valence-electron chi connectivity index (χ3n) is 2.93. The normalized spacial score (nSPS) is 11.1. The van der Waals surface area contributed by atoms with Crippen LogP contribution >= 0.6 is 11.6 Å². The third-order valence-corrected chi connectivity index (χ3v) is 3.18. The predicted molar refractivity (Wildman–Crippen MR) is 81.6 cm³/mol. The van der Waals surface area contributed by atoms with Crippen molar-refractivity contribution in [1.29, 1.82) is 0 Å². The lowest BCUT2D eigenvalue weighted by atomic mass is 10.2. The van der Waals surface area contributed by atoms with Gasteiger partial charge in [-0.05, 0) is 31.2 Å². The standard InChI is InChI=1S/C15H18ClN3O/c1-10(2)17-9-14-15(20)8-11(3)19(18-14)13-6-4-12(16)5-7-13/h4-8,10,17H,9H2,1-3H3. The molecule has 0 fully saturated rings. The maximum Gasteiger partial charge on any atom is 0.204 e. The van der Waals surface area contributed by atoms with Crippen molar-refractivity contribution in [3.05, 3.63) is 57.0 Å². The van der Waals surface area contributed by atoms with Gasteiger partial charge >= 0.3 is 0 Å². The second-order valence-electron chi connectivity index (χ2n) is 5.02. The molecule has 1 aromatic carbocycles. The van der Waals surface area contributed by atoms with Crippen molar-refractivity contribution in [3.8, 4) is 5.69 Å². The number of hydrogen-bond donors (Lipinski definition) is 1. The number of halogens is 1. The molecular weight excluding hydrogens is 274 g/mol. The fourth-order valence-corrected chi connectivity index (χ4v) is 1.98. The number of rotatable bonds is 4. The van der Waals surface area contributed by atoms with Crippen molar-refractivity contribution in [3.63, 3.8) is 0 Å². The Bertz CT molecular complexity index is 647. The van der Waals surface area contributed by atoms with Gasteiger partial charge in [-0.25, -0.2) is 4.68 Å². The van der Waals surface area contributed by atoms with Crippen molar-refractivity contribution >= 4 is 11.6 Å². The fourth-order valence-electron chi connectivity index (χ4n) is 1.85. The average molecular weight is 292 g/mol. The summed E-state index contributed by atoms with van der Waals surface area (Å²) in [4.78, 5) is 12.0. The summed E-state index contributed by atoms with van der Waals surface area (Å²) >= 11 is 5.89. The van der Waals surface area contributed by atoms with Crippen LogP contribution in [-0.4, -0.2) is 15.8 Å². The second kappa shape index (κ2) is 6.20. The Labute approximate surface area is 123 Å². The molecule has 0 unspecified atom stereocenters. The molecule has 5 heteroatoms. The van der Waals surface area contributed by atoms with E-state index in [1.54, 1.807) is 10.7 Å². The zero-order chi connectivity index (χ0) is 14.7. The maximum atomic E-state index is 12.0. The highest BCUT2D eigenvalue weighted by atomic mass is 35.5. The van der Waals surface area contributed by atoms with E-state index in [0.717, 1.165) is 11.4 Å². The summed E-state index contributed by atoms with van der Waals surface area (Å²) in [7, 11) is 0. The van der Waals surface area contributed by atoms with Gasteiger partial charge in [0, 0.05) is 29.4 Å². The van der Waals surface area contributed by atoms with E-state index in [2.05, 4.69) is 10.4 Å². The number of aromatic nitrogens is 2. The molecular formula is C15H18ClN3O. The van der Waals surface area contributed by atoms with Crippen LogP contribution in [-0.2, 0) is 6.54 Å². The van der Waals surface area contributed by atoms with Gasteiger partial charge in [0.05, 0.1) is 5.69 Å². The first-order valence-electron chi connectivity index (χ1n) is 6.56. The zero-order valence-electron chi connectivity index (χ0n) is 11.9. The van der Waals surface area contributed by atoms with E-state index in [1.807, 2.05) is 45.0 Å². The highest BCUT2D eigenvalue weighted by molar-refractivity contribution is 6.30. The molecule has 4 nitrogen and oxygen atoms in total. The first-order valence-corrected chi connectivity index (χ1v) is 6.94. The molecule has 0 aliphatic heterocycles. The number of nitrogens with zero attached hydrogens (tertiary/aromatic N) is 2. The summed E-state index contributed by atoms with van der Waals surface area (Å²) in [5, 5.41) is 8.33. The average Bonchev–Trinajstić information content (AvgIpc) is 2.39. The first-order chi connectivity index (χ1) is 9.47. The lowest BCUT2D eigenvalue weighted by molar-refractivity contribution is 0.568. The molecule has 2 aromatic rings. The smallest absolute Gasteiger partial charge is 0.204 e. The molecule has 20 heavy (non-hydrogen) atoms. The van der Waals surface area contributed by atoms with Gasteiger partial charge in [-0.2, -0.15) is 5.10 Å². The molecule has 2 rings (SSSR count). The minimum absolute atomic E-state index is 0.0409. The molecule has 0 saturated carbocycles. The van der Waals surface area contributed by atoms with E-state index in [1.165, 1.54) is 0 Å². The van der Waals surface area contributed by atoms with Crippen LogP contribution in [0.4, 0.5) is 0 Å². The molecule has 0 aliphatic rings. The van der Waals surface area contributed by atoms with E-state index in [9.17, 15) is 4.79 Å². The molecule has 0 atom stereocenters. The highest BCUT2D eigenvalue weighted by Crippen LogP contribution is 2.13. The number of hydrogen-bond acceptors (Lipinski definition) is 3. The zero-order valence-corrected chi connectivity index (χ0v) is 12.6. The van der Waals surface area contributed by atoms with Crippen LogP contribution in [0.1, 0.15) is 25.2 Å². The van der Waals surface area contributed by atoms with Crippen LogP contribution < -0.4 is 10.7 Å². The van der Waals surface area contributed by atoms with Crippen LogP contribution in [0.25, 0.3) is 5.69 Å². The molecule has 0 spiro atoms. The Kier molecular flexibility index (Phi) is 4.57. The largest absolute Gasteiger partial charge is 0.309 e. The number of benzene rings is 1. The molecule has 0 bridgehead atoms. The van der Waals surface area contributed by atoms with Gasteiger partial charge < -0.3 is 5.32 Å².